The highest BCUT2D eigenvalue weighted by molar-refractivity contribution is 6.31. The molecule has 13 heavy (non-hydrogen) atoms. The van der Waals surface area contributed by atoms with Gasteiger partial charge in [-0.25, -0.2) is 0 Å². The topological polar surface area (TPSA) is 20.2 Å². The van der Waals surface area contributed by atoms with Crippen LogP contribution in [-0.4, -0.2) is 5.11 Å². The molecule has 2 aromatic carbocycles. The maximum absolute atomic E-state index is 9.47. The highest BCUT2D eigenvalue weighted by Crippen LogP contribution is 2.28. The Bertz CT molecular complexity index is 458. The van der Waals surface area contributed by atoms with Gasteiger partial charge < -0.3 is 5.11 Å². The van der Waals surface area contributed by atoms with E-state index in [1.807, 2.05) is 31.2 Å². The number of hydrogen-bond acceptors (Lipinski definition) is 1. The molecule has 2 rings (SSSR count). The normalized spacial score (nSPS) is 10.6. The van der Waals surface area contributed by atoms with Crippen molar-refractivity contribution in [2.24, 2.45) is 0 Å². The van der Waals surface area contributed by atoms with Gasteiger partial charge in [0.25, 0.3) is 0 Å². The number of benzene rings is 2. The highest BCUT2D eigenvalue weighted by atomic mass is 35.5. The van der Waals surface area contributed by atoms with Gasteiger partial charge in [-0.3, -0.25) is 0 Å². The van der Waals surface area contributed by atoms with Crippen LogP contribution in [0, 0.1) is 6.92 Å². The first-order chi connectivity index (χ1) is 6.18. The number of rotatable bonds is 0. The summed E-state index contributed by atoms with van der Waals surface area (Å²) in [6.07, 6.45) is 0. The average molecular weight is 193 g/mol. The van der Waals surface area contributed by atoms with Crippen molar-refractivity contribution < 1.29 is 5.11 Å². The van der Waals surface area contributed by atoms with E-state index < -0.39 is 0 Å². The van der Waals surface area contributed by atoms with Gasteiger partial charge in [0.2, 0.25) is 0 Å². The predicted molar refractivity (Wildman–Crippen MR) is 55.4 cm³/mol. The zero-order valence-electron chi connectivity index (χ0n) is 7.21. The summed E-state index contributed by atoms with van der Waals surface area (Å²) >= 11 is 5.86. The van der Waals surface area contributed by atoms with E-state index in [0.717, 1.165) is 16.3 Å². The van der Waals surface area contributed by atoms with Gasteiger partial charge in [-0.15, -0.1) is 0 Å². The summed E-state index contributed by atoms with van der Waals surface area (Å²) in [6, 6.07) is 9.25. The average Bonchev–Trinajstić information content (AvgIpc) is 2.12. The SMILES string of the molecule is Cc1c(O)ccc2ccc(Cl)cc12. The Kier molecular flexibility index (Phi) is 1.89. The molecule has 66 valence electrons. The summed E-state index contributed by atoms with van der Waals surface area (Å²) in [4.78, 5) is 0. The lowest BCUT2D eigenvalue weighted by atomic mass is 10.1. The lowest BCUT2D eigenvalue weighted by molar-refractivity contribution is 0.472. The van der Waals surface area contributed by atoms with Gasteiger partial charge in [0.15, 0.2) is 0 Å². The van der Waals surface area contributed by atoms with Crippen molar-refractivity contribution in [3.05, 3.63) is 40.9 Å². The molecule has 0 aliphatic heterocycles. The van der Waals surface area contributed by atoms with Gasteiger partial charge in [-0.05, 0) is 41.5 Å². The molecule has 0 unspecified atom stereocenters. The van der Waals surface area contributed by atoms with Crippen molar-refractivity contribution in [2.75, 3.05) is 0 Å². The Morgan fingerprint density at radius 1 is 1.15 bits per heavy atom. The molecule has 0 aliphatic rings. The second-order valence-electron chi connectivity index (χ2n) is 3.08. The smallest absolute Gasteiger partial charge is 0.119 e. The van der Waals surface area contributed by atoms with Crippen molar-refractivity contribution in [2.45, 2.75) is 6.92 Å². The van der Waals surface area contributed by atoms with Crippen molar-refractivity contribution >= 4 is 22.4 Å². The van der Waals surface area contributed by atoms with E-state index in [2.05, 4.69) is 0 Å². The Balaban J connectivity index is 2.89. The second-order valence-corrected chi connectivity index (χ2v) is 3.51. The van der Waals surface area contributed by atoms with E-state index in [1.165, 1.54) is 0 Å². The third-order valence-electron chi connectivity index (χ3n) is 2.22. The molecule has 0 saturated carbocycles. The van der Waals surface area contributed by atoms with Crippen LogP contribution >= 0.6 is 11.6 Å². The Morgan fingerprint density at radius 3 is 2.62 bits per heavy atom. The summed E-state index contributed by atoms with van der Waals surface area (Å²) in [5.74, 6) is 0.315. The largest absolute Gasteiger partial charge is 0.508 e. The number of aromatic hydroxyl groups is 1. The predicted octanol–water partition coefficient (Wildman–Crippen LogP) is 3.51. The highest BCUT2D eigenvalue weighted by Gasteiger charge is 2.01. The van der Waals surface area contributed by atoms with Crippen LogP contribution in [0.4, 0.5) is 0 Å². The molecule has 0 fully saturated rings. The molecule has 0 aromatic heterocycles. The molecule has 1 N–H and O–H groups in total. The molecule has 1 nitrogen and oxygen atoms in total. The lowest BCUT2D eigenvalue weighted by Gasteiger charge is -2.04. The van der Waals surface area contributed by atoms with Gasteiger partial charge in [-0.2, -0.15) is 0 Å². The van der Waals surface area contributed by atoms with Gasteiger partial charge in [-0.1, -0.05) is 23.7 Å². The van der Waals surface area contributed by atoms with E-state index >= 15 is 0 Å². The number of phenols is 1. The molecular weight excluding hydrogens is 184 g/mol. The fourth-order valence-electron chi connectivity index (χ4n) is 1.43. The first kappa shape index (κ1) is 8.39. The van der Waals surface area contributed by atoms with E-state index in [9.17, 15) is 5.11 Å². The number of aryl methyl sites for hydroxylation is 1. The fraction of sp³-hybridized carbons (Fsp3) is 0.0909. The molecule has 0 bridgehead atoms. The van der Waals surface area contributed by atoms with Gasteiger partial charge in [0.05, 0.1) is 0 Å². The molecule has 0 aliphatic carbocycles. The van der Waals surface area contributed by atoms with E-state index in [-0.39, 0.29) is 0 Å². The standard InChI is InChI=1S/C11H9ClO/c1-7-10-6-9(12)4-2-8(10)3-5-11(7)13/h2-6,13H,1H3. The second kappa shape index (κ2) is 2.93. The first-order valence-corrected chi connectivity index (χ1v) is 4.44. The Hall–Kier alpha value is -1.21. The molecule has 0 radical (unpaired) electrons. The molecule has 0 heterocycles. The van der Waals surface area contributed by atoms with Crippen LogP contribution in [0.3, 0.4) is 0 Å². The van der Waals surface area contributed by atoms with Crippen molar-refractivity contribution in [1.29, 1.82) is 0 Å². The molecule has 2 aromatic rings. The first-order valence-electron chi connectivity index (χ1n) is 4.06. The summed E-state index contributed by atoms with van der Waals surface area (Å²) < 4.78 is 0. The van der Waals surface area contributed by atoms with Crippen LogP contribution in [0.25, 0.3) is 10.8 Å². The van der Waals surface area contributed by atoms with Crippen LogP contribution in [-0.2, 0) is 0 Å². The van der Waals surface area contributed by atoms with Crippen LogP contribution in [0.1, 0.15) is 5.56 Å². The van der Waals surface area contributed by atoms with Gasteiger partial charge in [0, 0.05) is 5.02 Å². The minimum Gasteiger partial charge on any atom is -0.508 e. The zero-order valence-corrected chi connectivity index (χ0v) is 7.97. The van der Waals surface area contributed by atoms with E-state index in [1.54, 1.807) is 6.07 Å². The van der Waals surface area contributed by atoms with Crippen molar-refractivity contribution in [3.8, 4) is 5.75 Å². The van der Waals surface area contributed by atoms with Gasteiger partial charge in [0.1, 0.15) is 5.75 Å². The number of phenolic OH excluding ortho intramolecular Hbond substituents is 1. The monoisotopic (exact) mass is 192 g/mol. The lowest BCUT2D eigenvalue weighted by Crippen LogP contribution is -1.79. The minimum atomic E-state index is 0.315. The van der Waals surface area contributed by atoms with Crippen LogP contribution in [0.5, 0.6) is 5.75 Å². The minimum absolute atomic E-state index is 0.315. The molecule has 0 saturated heterocycles. The van der Waals surface area contributed by atoms with Crippen LogP contribution in [0.15, 0.2) is 30.3 Å². The quantitative estimate of drug-likeness (QED) is 0.677. The number of hydrogen-bond donors (Lipinski definition) is 1. The molecular formula is C11H9ClO. The third-order valence-corrected chi connectivity index (χ3v) is 2.46. The van der Waals surface area contributed by atoms with Crippen LogP contribution in [0.2, 0.25) is 5.02 Å². The molecule has 0 amide bonds. The van der Waals surface area contributed by atoms with E-state index in [0.29, 0.717) is 10.8 Å². The summed E-state index contributed by atoms with van der Waals surface area (Å²) in [6.45, 7) is 1.88. The van der Waals surface area contributed by atoms with Crippen molar-refractivity contribution in [1.82, 2.24) is 0 Å². The third kappa shape index (κ3) is 1.36. The Morgan fingerprint density at radius 2 is 1.85 bits per heavy atom. The molecule has 0 spiro atoms. The molecule has 2 heteroatoms. The number of halogens is 1. The Labute approximate surface area is 81.6 Å². The number of fused-ring (bicyclic) bond motifs is 1. The zero-order chi connectivity index (χ0) is 9.42. The van der Waals surface area contributed by atoms with Gasteiger partial charge >= 0.3 is 0 Å². The fourth-order valence-corrected chi connectivity index (χ4v) is 1.60. The molecule has 0 atom stereocenters. The summed E-state index contributed by atoms with van der Waals surface area (Å²) in [5.41, 5.74) is 0.875. The summed E-state index contributed by atoms with van der Waals surface area (Å²) in [5, 5.41) is 12.3. The van der Waals surface area contributed by atoms with E-state index in [4.69, 9.17) is 11.6 Å². The van der Waals surface area contributed by atoms with Crippen molar-refractivity contribution in [3.63, 3.8) is 0 Å². The maximum Gasteiger partial charge on any atom is 0.119 e. The summed E-state index contributed by atoms with van der Waals surface area (Å²) in [7, 11) is 0. The maximum atomic E-state index is 9.47. The van der Waals surface area contributed by atoms with Crippen LogP contribution < -0.4 is 0 Å².